The van der Waals surface area contributed by atoms with E-state index in [9.17, 15) is 25.2 Å². The lowest BCUT2D eigenvalue weighted by Crippen LogP contribution is -2.56. The van der Waals surface area contributed by atoms with E-state index in [1.54, 1.807) is 0 Å². The lowest BCUT2D eigenvalue weighted by molar-refractivity contribution is -0.254. The first kappa shape index (κ1) is 21.7. The number of aliphatic hydroxyl groups is 4. The number of rotatable bonds is 10. The molecule has 10 heteroatoms. The molecule has 27 heavy (non-hydrogen) atoms. The summed E-state index contributed by atoms with van der Waals surface area (Å²) in [7, 11) is 0. The summed E-state index contributed by atoms with van der Waals surface area (Å²) < 4.78 is 6.61. The number of ether oxygens (including phenoxy) is 1. The number of aliphatic hydroxyl groups excluding tert-OH is 4. The van der Waals surface area contributed by atoms with E-state index in [-0.39, 0.29) is 12.5 Å². The molecule has 0 aromatic carbocycles. The normalized spacial score (nSPS) is 28.3. The predicted octanol–water partition coefficient (Wildman–Crippen LogP) is -0.773. The Kier molecular flexibility index (Phi) is 8.58. The maximum absolute atomic E-state index is 11.9. The minimum Gasteiger partial charge on any atom is -0.394 e. The predicted molar refractivity (Wildman–Crippen MR) is 94.3 cm³/mol. The standard InChI is InChI=1S/C17H30N4O6/c1-2-3-4-5-6-7-13(23)18-8-11-9-21(20-19-11)17-16(26)15(25)14(24)12(10-22)27-17/h9,12,14-17,22,24-26H,2-8,10H2,1H3,(H,18,23)/t12-,14-,15+,16-,17-/m1/s1. The molecule has 2 heterocycles. The molecule has 2 rings (SSSR count). The molecule has 1 aromatic heterocycles. The van der Waals surface area contributed by atoms with Crippen LogP contribution in [0, 0.1) is 0 Å². The number of aromatic nitrogens is 3. The zero-order chi connectivity index (χ0) is 19.8. The fourth-order valence-electron chi connectivity index (χ4n) is 2.99. The molecule has 1 aromatic rings. The van der Waals surface area contributed by atoms with Gasteiger partial charge in [0.1, 0.15) is 30.1 Å². The van der Waals surface area contributed by atoms with Crippen molar-refractivity contribution in [2.45, 2.75) is 82.6 Å². The summed E-state index contributed by atoms with van der Waals surface area (Å²) >= 11 is 0. The molecule has 0 saturated carbocycles. The van der Waals surface area contributed by atoms with Crippen LogP contribution in [-0.4, -0.2) is 72.3 Å². The monoisotopic (exact) mass is 386 g/mol. The topological polar surface area (TPSA) is 150 Å². The SMILES string of the molecule is CCCCCCCC(=O)NCc1cn([C@@H]2O[C@H](CO)[C@@H](O)[C@H](O)[C@H]2O)nn1. The van der Waals surface area contributed by atoms with Crippen LogP contribution in [0.4, 0.5) is 0 Å². The number of hydrogen-bond donors (Lipinski definition) is 5. The van der Waals surface area contributed by atoms with Gasteiger partial charge < -0.3 is 30.5 Å². The summed E-state index contributed by atoms with van der Waals surface area (Å²) in [6.07, 6.45) is 0.842. The molecule has 10 nitrogen and oxygen atoms in total. The Balaban J connectivity index is 1.82. The van der Waals surface area contributed by atoms with Gasteiger partial charge in [0, 0.05) is 6.42 Å². The van der Waals surface area contributed by atoms with Crippen LogP contribution in [0.1, 0.15) is 57.4 Å². The van der Waals surface area contributed by atoms with E-state index in [0.29, 0.717) is 12.1 Å². The molecule has 1 saturated heterocycles. The first-order valence-corrected chi connectivity index (χ1v) is 9.45. The van der Waals surface area contributed by atoms with Gasteiger partial charge in [-0.05, 0) is 6.42 Å². The van der Waals surface area contributed by atoms with Crippen molar-refractivity contribution in [1.29, 1.82) is 0 Å². The molecule has 5 atom stereocenters. The van der Waals surface area contributed by atoms with Gasteiger partial charge in [-0.15, -0.1) is 5.10 Å². The van der Waals surface area contributed by atoms with Crippen molar-refractivity contribution in [3.05, 3.63) is 11.9 Å². The number of carbonyl (C=O) groups excluding carboxylic acids is 1. The van der Waals surface area contributed by atoms with Gasteiger partial charge in [0.15, 0.2) is 6.23 Å². The van der Waals surface area contributed by atoms with E-state index in [4.69, 9.17) is 4.74 Å². The zero-order valence-electron chi connectivity index (χ0n) is 15.6. The first-order valence-electron chi connectivity index (χ1n) is 9.45. The fourth-order valence-corrected chi connectivity index (χ4v) is 2.99. The Bertz CT molecular complexity index is 582. The van der Waals surface area contributed by atoms with Crippen LogP contribution >= 0.6 is 0 Å². The highest BCUT2D eigenvalue weighted by Crippen LogP contribution is 2.27. The molecule has 1 amide bonds. The van der Waals surface area contributed by atoms with Crippen molar-refractivity contribution in [2.75, 3.05) is 6.61 Å². The number of amides is 1. The zero-order valence-corrected chi connectivity index (χ0v) is 15.6. The van der Waals surface area contributed by atoms with Crippen molar-refractivity contribution < 1.29 is 30.0 Å². The summed E-state index contributed by atoms with van der Waals surface area (Å²) in [5.74, 6) is -0.0612. The average Bonchev–Trinajstić information content (AvgIpc) is 3.13. The summed E-state index contributed by atoms with van der Waals surface area (Å²) in [6.45, 7) is 1.81. The van der Waals surface area contributed by atoms with Crippen LogP contribution in [0.25, 0.3) is 0 Å². The van der Waals surface area contributed by atoms with Gasteiger partial charge in [-0.3, -0.25) is 4.79 Å². The number of unbranched alkanes of at least 4 members (excludes halogenated alkanes) is 4. The molecule has 0 bridgehead atoms. The van der Waals surface area contributed by atoms with Gasteiger partial charge >= 0.3 is 0 Å². The molecule has 1 fully saturated rings. The van der Waals surface area contributed by atoms with E-state index in [2.05, 4.69) is 22.6 Å². The number of hydrogen-bond acceptors (Lipinski definition) is 8. The molecule has 0 unspecified atom stereocenters. The van der Waals surface area contributed by atoms with Crippen molar-refractivity contribution in [3.8, 4) is 0 Å². The second kappa shape index (κ2) is 10.7. The van der Waals surface area contributed by atoms with Gasteiger partial charge in [-0.1, -0.05) is 37.8 Å². The van der Waals surface area contributed by atoms with Crippen LogP contribution in [0.15, 0.2) is 6.20 Å². The van der Waals surface area contributed by atoms with Crippen LogP contribution in [-0.2, 0) is 16.1 Å². The van der Waals surface area contributed by atoms with Gasteiger partial charge in [-0.2, -0.15) is 0 Å². The molecule has 1 aliphatic rings. The van der Waals surface area contributed by atoms with Gasteiger partial charge in [0.25, 0.3) is 0 Å². The first-order chi connectivity index (χ1) is 13.0. The molecular weight excluding hydrogens is 356 g/mol. The van der Waals surface area contributed by atoms with E-state index >= 15 is 0 Å². The Labute approximate surface area is 158 Å². The third-order valence-corrected chi connectivity index (χ3v) is 4.66. The highest BCUT2D eigenvalue weighted by atomic mass is 16.6. The second-order valence-corrected chi connectivity index (χ2v) is 6.85. The van der Waals surface area contributed by atoms with Gasteiger partial charge in [0.2, 0.25) is 5.91 Å². The van der Waals surface area contributed by atoms with Crippen molar-refractivity contribution >= 4 is 5.91 Å². The lowest BCUT2D eigenvalue weighted by Gasteiger charge is -2.39. The molecule has 0 aliphatic carbocycles. The maximum atomic E-state index is 11.9. The van der Waals surface area contributed by atoms with Crippen LogP contribution in [0.5, 0.6) is 0 Å². The maximum Gasteiger partial charge on any atom is 0.220 e. The molecule has 1 aliphatic heterocycles. The highest BCUT2D eigenvalue weighted by Gasteiger charge is 2.44. The van der Waals surface area contributed by atoms with Gasteiger partial charge in [0.05, 0.1) is 19.3 Å². The van der Waals surface area contributed by atoms with Crippen molar-refractivity contribution in [2.24, 2.45) is 0 Å². The highest BCUT2D eigenvalue weighted by molar-refractivity contribution is 5.75. The average molecular weight is 386 g/mol. The Morgan fingerprint density at radius 2 is 1.93 bits per heavy atom. The Morgan fingerprint density at radius 1 is 1.19 bits per heavy atom. The minimum absolute atomic E-state index is 0.0612. The van der Waals surface area contributed by atoms with E-state index in [0.717, 1.165) is 25.7 Å². The number of carbonyl (C=O) groups is 1. The van der Waals surface area contributed by atoms with E-state index in [1.165, 1.54) is 17.3 Å². The fraction of sp³-hybridized carbons (Fsp3) is 0.824. The molecular formula is C17H30N4O6. The smallest absolute Gasteiger partial charge is 0.220 e. The molecule has 5 N–H and O–H groups in total. The summed E-state index contributed by atoms with van der Waals surface area (Å²) in [4.78, 5) is 11.9. The Morgan fingerprint density at radius 3 is 2.63 bits per heavy atom. The van der Waals surface area contributed by atoms with Crippen molar-refractivity contribution in [1.82, 2.24) is 20.3 Å². The van der Waals surface area contributed by atoms with Crippen LogP contribution in [0.2, 0.25) is 0 Å². The minimum atomic E-state index is -1.49. The largest absolute Gasteiger partial charge is 0.394 e. The second-order valence-electron chi connectivity index (χ2n) is 6.85. The summed E-state index contributed by atoms with van der Waals surface area (Å²) in [6, 6.07) is 0. The third kappa shape index (κ3) is 5.94. The quantitative estimate of drug-likeness (QED) is 0.329. The summed E-state index contributed by atoms with van der Waals surface area (Å²) in [5, 5.41) is 49.5. The van der Waals surface area contributed by atoms with E-state index < -0.39 is 37.3 Å². The van der Waals surface area contributed by atoms with Crippen molar-refractivity contribution in [3.63, 3.8) is 0 Å². The lowest BCUT2D eigenvalue weighted by atomic mass is 9.98. The number of nitrogens with one attached hydrogen (secondary N) is 1. The van der Waals surface area contributed by atoms with Gasteiger partial charge in [-0.25, -0.2) is 4.68 Å². The molecule has 0 spiro atoms. The van der Waals surface area contributed by atoms with Crippen LogP contribution < -0.4 is 5.32 Å². The van der Waals surface area contributed by atoms with E-state index in [1.807, 2.05) is 0 Å². The summed E-state index contributed by atoms with van der Waals surface area (Å²) in [5.41, 5.74) is 0.464. The Hall–Kier alpha value is -1.59. The third-order valence-electron chi connectivity index (χ3n) is 4.66. The molecule has 154 valence electrons. The van der Waals surface area contributed by atoms with Crippen LogP contribution in [0.3, 0.4) is 0 Å². The molecule has 0 radical (unpaired) electrons. The number of nitrogens with zero attached hydrogens (tertiary/aromatic N) is 3.